The fraction of sp³-hybridized carbons (Fsp3) is 0.333. The van der Waals surface area contributed by atoms with E-state index < -0.39 is 29.2 Å². The first-order valence-corrected chi connectivity index (χ1v) is 7.78. The number of fused-ring (bicyclic) bond motifs is 1. The van der Waals surface area contributed by atoms with E-state index in [1.54, 1.807) is 6.07 Å². The largest absolute Gasteiger partial charge is 0.481 e. The molecule has 1 aliphatic rings. The minimum absolute atomic E-state index is 0.0445. The molecule has 0 saturated heterocycles. The normalized spacial score (nSPS) is 23.5. The molecule has 1 amide bonds. The molecule has 1 fully saturated rings. The van der Waals surface area contributed by atoms with Gasteiger partial charge in [0.15, 0.2) is 0 Å². The van der Waals surface area contributed by atoms with Crippen LogP contribution in [0.2, 0.25) is 0 Å². The lowest BCUT2D eigenvalue weighted by atomic mass is 9.71. The van der Waals surface area contributed by atoms with E-state index in [1.165, 1.54) is 12.1 Å². The Labute approximate surface area is 138 Å². The Morgan fingerprint density at radius 1 is 1.39 bits per heavy atom. The summed E-state index contributed by atoms with van der Waals surface area (Å²) in [5.41, 5.74) is -0.538. The lowest BCUT2D eigenvalue weighted by molar-refractivity contribution is -0.157. The zero-order chi connectivity index (χ0) is 16.8. The van der Waals surface area contributed by atoms with Gasteiger partial charge >= 0.3 is 5.97 Å². The first-order valence-electron chi connectivity index (χ1n) is 6.98. The molecule has 122 valence electrons. The summed E-state index contributed by atoms with van der Waals surface area (Å²) in [6.45, 7) is -0.0445. The van der Waals surface area contributed by atoms with Crippen molar-refractivity contribution in [2.24, 2.45) is 5.92 Å². The topological polar surface area (TPSA) is 102 Å². The molecule has 0 bridgehead atoms. The maximum absolute atomic E-state index is 13.8. The molecule has 2 aromatic rings. The predicted molar refractivity (Wildman–Crippen MR) is 83.6 cm³/mol. The number of aliphatic carboxylic acids is 1. The van der Waals surface area contributed by atoms with Crippen LogP contribution in [0.25, 0.3) is 10.9 Å². The van der Waals surface area contributed by atoms with Crippen molar-refractivity contribution in [1.82, 2.24) is 10.3 Å². The monoisotopic (exact) mass is 384 g/mol. The van der Waals surface area contributed by atoms with Gasteiger partial charge in [0.05, 0.1) is 17.0 Å². The van der Waals surface area contributed by atoms with Crippen molar-refractivity contribution in [1.29, 1.82) is 0 Å². The Balaban J connectivity index is 1.67. The maximum atomic E-state index is 13.8. The minimum atomic E-state index is -1.20. The quantitative estimate of drug-likeness (QED) is 0.647. The fourth-order valence-corrected chi connectivity index (χ4v) is 3.23. The van der Waals surface area contributed by atoms with Gasteiger partial charge in [0.2, 0.25) is 0 Å². The third-order valence-electron chi connectivity index (χ3n) is 4.08. The molecular weight excluding hydrogens is 371 g/mol. The van der Waals surface area contributed by atoms with Crippen molar-refractivity contribution in [2.45, 2.75) is 18.4 Å². The Hall–Kier alpha value is -1.93. The van der Waals surface area contributed by atoms with E-state index in [0.29, 0.717) is 15.4 Å². The van der Waals surface area contributed by atoms with Crippen LogP contribution in [-0.4, -0.2) is 39.2 Å². The molecule has 4 N–H and O–H groups in total. The van der Waals surface area contributed by atoms with Crippen molar-refractivity contribution < 1.29 is 24.2 Å². The van der Waals surface area contributed by atoms with Crippen LogP contribution in [0.5, 0.6) is 0 Å². The lowest BCUT2D eigenvalue weighted by Gasteiger charge is -2.41. The third kappa shape index (κ3) is 3.09. The van der Waals surface area contributed by atoms with E-state index in [4.69, 9.17) is 5.11 Å². The number of hydrogen-bond acceptors (Lipinski definition) is 3. The van der Waals surface area contributed by atoms with Crippen LogP contribution in [0.15, 0.2) is 22.7 Å². The highest BCUT2D eigenvalue weighted by atomic mass is 79.9. The van der Waals surface area contributed by atoms with Gasteiger partial charge in [-0.3, -0.25) is 9.59 Å². The highest BCUT2D eigenvalue weighted by Gasteiger charge is 2.46. The van der Waals surface area contributed by atoms with Crippen LogP contribution >= 0.6 is 15.9 Å². The Bertz CT molecular complexity index is 798. The number of amides is 1. The van der Waals surface area contributed by atoms with Gasteiger partial charge in [-0.2, -0.15) is 0 Å². The summed E-state index contributed by atoms with van der Waals surface area (Å²) in [6.07, 6.45) is 0.216. The number of benzene rings is 1. The molecule has 1 heterocycles. The molecule has 1 saturated carbocycles. The van der Waals surface area contributed by atoms with Gasteiger partial charge in [-0.25, -0.2) is 4.39 Å². The van der Waals surface area contributed by atoms with E-state index in [-0.39, 0.29) is 25.1 Å². The highest BCUT2D eigenvalue weighted by Crippen LogP contribution is 2.37. The summed E-state index contributed by atoms with van der Waals surface area (Å²) in [5, 5.41) is 21.7. The molecule has 3 rings (SSSR count). The van der Waals surface area contributed by atoms with Gasteiger partial charge in [-0.1, -0.05) is 15.9 Å². The van der Waals surface area contributed by atoms with E-state index in [2.05, 4.69) is 26.2 Å². The van der Waals surface area contributed by atoms with Crippen LogP contribution in [-0.2, 0) is 4.79 Å². The maximum Gasteiger partial charge on any atom is 0.306 e. The van der Waals surface area contributed by atoms with Gasteiger partial charge in [0, 0.05) is 16.4 Å². The van der Waals surface area contributed by atoms with E-state index >= 15 is 0 Å². The second kappa shape index (κ2) is 5.61. The molecular formula is C15H14BrFN2O4. The average Bonchev–Trinajstić information content (AvgIpc) is 2.85. The van der Waals surface area contributed by atoms with Crippen LogP contribution in [0, 0.1) is 11.7 Å². The van der Waals surface area contributed by atoms with Gasteiger partial charge in [0.25, 0.3) is 5.91 Å². The second-order valence-electron chi connectivity index (χ2n) is 5.88. The smallest absolute Gasteiger partial charge is 0.306 e. The zero-order valence-corrected chi connectivity index (χ0v) is 13.5. The van der Waals surface area contributed by atoms with Crippen molar-refractivity contribution in [3.8, 4) is 0 Å². The number of carbonyl (C=O) groups excluding carboxylic acids is 1. The summed E-state index contributed by atoms with van der Waals surface area (Å²) in [4.78, 5) is 25.7. The summed E-state index contributed by atoms with van der Waals surface area (Å²) >= 11 is 3.18. The second-order valence-corrected chi connectivity index (χ2v) is 6.80. The van der Waals surface area contributed by atoms with Crippen LogP contribution in [0.1, 0.15) is 23.3 Å². The SMILES string of the molecule is O=C(NCC1(O)CC(C(=O)O)C1)c1cc2c(F)cc(Br)cc2[nH]1. The minimum Gasteiger partial charge on any atom is -0.481 e. The molecule has 23 heavy (non-hydrogen) atoms. The Morgan fingerprint density at radius 3 is 2.74 bits per heavy atom. The first kappa shape index (κ1) is 15.9. The number of hydrogen-bond donors (Lipinski definition) is 4. The number of rotatable bonds is 4. The molecule has 6 nitrogen and oxygen atoms in total. The molecule has 0 atom stereocenters. The average molecular weight is 385 g/mol. The Kier molecular flexibility index (Phi) is 3.89. The van der Waals surface area contributed by atoms with Crippen molar-refractivity contribution in [3.63, 3.8) is 0 Å². The fourth-order valence-electron chi connectivity index (χ4n) is 2.80. The molecule has 1 aromatic heterocycles. The predicted octanol–water partition coefficient (Wildman–Crippen LogP) is 2.02. The van der Waals surface area contributed by atoms with Gasteiger partial charge < -0.3 is 20.5 Å². The number of aromatic nitrogens is 1. The number of H-pyrrole nitrogens is 1. The number of carboxylic acids is 1. The van der Waals surface area contributed by atoms with E-state index in [1.807, 2.05) is 0 Å². The molecule has 0 aliphatic heterocycles. The zero-order valence-electron chi connectivity index (χ0n) is 11.9. The number of carboxylic acid groups (broad SMARTS) is 1. The lowest BCUT2D eigenvalue weighted by Crippen LogP contribution is -2.54. The van der Waals surface area contributed by atoms with Crippen molar-refractivity contribution >= 4 is 38.7 Å². The summed E-state index contributed by atoms with van der Waals surface area (Å²) in [7, 11) is 0. The van der Waals surface area contributed by atoms with Crippen LogP contribution in [0.3, 0.4) is 0 Å². The van der Waals surface area contributed by atoms with Crippen molar-refractivity contribution in [3.05, 3.63) is 34.2 Å². The summed E-state index contributed by atoms with van der Waals surface area (Å²) < 4.78 is 14.4. The van der Waals surface area contributed by atoms with Gasteiger partial charge in [-0.05, 0) is 31.0 Å². The van der Waals surface area contributed by atoms with Gasteiger partial charge in [0.1, 0.15) is 11.5 Å². The number of nitrogens with one attached hydrogen (secondary N) is 2. The summed E-state index contributed by atoms with van der Waals surface area (Å²) in [5.74, 6) is -2.45. The number of aliphatic hydroxyl groups is 1. The van der Waals surface area contributed by atoms with Crippen LogP contribution < -0.4 is 5.32 Å². The first-order chi connectivity index (χ1) is 10.8. The number of aromatic amines is 1. The molecule has 0 unspecified atom stereocenters. The van der Waals surface area contributed by atoms with E-state index in [0.717, 1.165) is 0 Å². The molecule has 0 spiro atoms. The molecule has 0 radical (unpaired) electrons. The molecule has 1 aromatic carbocycles. The van der Waals surface area contributed by atoms with Crippen LogP contribution in [0.4, 0.5) is 4.39 Å². The van der Waals surface area contributed by atoms with Gasteiger partial charge in [-0.15, -0.1) is 0 Å². The van der Waals surface area contributed by atoms with Crippen molar-refractivity contribution in [2.75, 3.05) is 6.54 Å². The third-order valence-corrected chi connectivity index (χ3v) is 4.53. The highest BCUT2D eigenvalue weighted by molar-refractivity contribution is 9.10. The van der Waals surface area contributed by atoms with E-state index in [9.17, 15) is 19.1 Å². The summed E-state index contributed by atoms with van der Waals surface area (Å²) in [6, 6.07) is 4.37. The molecule has 1 aliphatic carbocycles. The molecule has 8 heteroatoms. The number of halogens is 2. The standard InChI is InChI=1S/C15H14BrFN2O4/c16-8-1-10(17)9-3-12(19-11(9)2-8)13(20)18-6-15(23)4-7(5-15)14(21)22/h1-3,7,19,23H,4-6H2,(H,18,20)(H,21,22). The Morgan fingerprint density at radius 2 is 2.09 bits per heavy atom. The number of carbonyl (C=O) groups is 2.